The standard InChI is InChI=1S/C25H19Cl2N3O6S/c1-13-9-22(37(33,34)35)21(12-18(13)26)29-30-23-16-6-4-3-5-14(16)10-17(24(23)31)25(32)28-20-8-7-15(36-2)11-19(20)27/h3-12,31H,1-2H3,(H,28,32)(H,33,34,35). The van der Waals surface area contributed by atoms with E-state index in [9.17, 15) is 22.9 Å². The summed E-state index contributed by atoms with van der Waals surface area (Å²) < 4.78 is 38.5. The number of carbonyl (C=O) groups is 1. The average Bonchev–Trinajstić information content (AvgIpc) is 2.85. The second-order valence-electron chi connectivity index (χ2n) is 7.89. The summed E-state index contributed by atoms with van der Waals surface area (Å²) in [5.41, 5.74) is 0.215. The zero-order valence-electron chi connectivity index (χ0n) is 19.4. The van der Waals surface area contributed by atoms with E-state index in [1.54, 1.807) is 43.3 Å². The van der Waals surface area contributed by atoms with Crippen LogP contribution in [0.3, 0.4) is 0 Å². The molecule has 0 bridgehead atoms. The molecule has 0 radical (unpaired) electrons. The SMILES string of the molecule is COc1ccc(NC(=O)c2cc3ccccc3c(N=Nc3cc(Cl)c(C)cc3S(=O)(=O)O)c2O)c(Cl)c1. The van der Waals surface area contributed by atoms with Crippen molar-refractivity contribution in [1.82, 2.24) is 0 Å². The van der Waals surface area contributed by atoms with Gasteiger partial charge in [-0.2, -0.15) is 8.42 Å². The Kier molecular flexibility index (Phi) is 7.37. The molecule has 0 unspecified atom stereocenters. The first-order chi connectivity index (χ1) is 17.5. The van der Waals surface area contributed by atoms with E-state index in [-0.39, 0.29) is 32.7 Å². The highest BCUT2D eigenvalue weighted by Crippen LogP contribution is 2.41. The van der Waals surface area contributed by atoms with Crippen LogP contribution in [-0.2, 0) is 10.1 Å². The van der Waals surface area contributed by atoms with Crippen LogP contribution in [0.2, 0.25) is 10.0 Å². The summed E-state index contributed by atoms with van der Waals surface area (Å²) in [5.74, 6) is -0.681. The van der Waals surface area contributed by atoms with Crippen LogP contribution in [0.15, 0.2) is 75.8 Å². The van der Waals surface area contributed by atoms with E-state index in [2.05, 4.69) is 15.5 Å². The number of ether oxygens (including phenoxy) is 1. The summed E-state index contributed by atoms with van der Waals surface area (Å²) in [4.78, 5) is 12.6. The normalized spacial score (nSPS) is 11.7. The minimum atomic E-state index is -4.66. The first-order valence-corrected chi connectivity index (χ1v) is 12.8. The molecule has 4 aromatic rings. The molecule has 0 spiro atoms. The molecule has 3 N–H and O–H groups in total. The van der Waals surface area contributed by atoms with Crippen molar-refractivity contribution >= 4 is 67.1 Å². The molecule has 0 aliphatic carbocycles. The first-order valence-electron chi connectivity index (χ1n) is 10.6. The van der Waals surface area contributed by atoms with Gasteiger partial charge in [0.1, 0.15) is 22.0 Å². The number of aromatic hydroxyl groups is 1. The number of hydrogen-bond donors (Lipinski definition) is 3. The Hall–Kier alpha value is -3.70. The Bertz CT molecular complexity index is 1690. The van der Waals surface area contributed by atoms with Gasteiger partial charge in [-0.3, -0.25) is 9.35 Å². The number of halogens is 2. The zero-order chi connectivity index (χ0) is 26.9. The molecule has 0 saturated heterocycles. The third-order valence-corrected chi connectivity index (χ3v) is 7.04. The molecular weight excluding hydrogens is 541 g/mol. The van der Waals surface area contributed by atoms with Crippen molar-refractivity contribution in [2.24, 2.45) is 10.2 Å². The number of nitrogens with zero attached hydrogens (tertiary/aromatic N) is 2. The third kappa shape index (κ3) is 5.52. The van der Waals surface area contributed by atoms with Gasteiger partial charge in [-0.15, -0.1) is 10.2 Å². The molecule has 0 saturated carbocycles. The summed E-state index contributed by atoms with van der Waals surface area (Å²) in [6, 6.07) is 15.3. The topological polar surface area (TPSA) is 138 Å². The average molecular weight is 560 g/mol. The fourth-order valence-electron chi connectivity index (χ4n) is 3.54. The van der Waals surface area contributed by atoms with Crippen molar-refractivity contribution in [2.45, 2.75) is 11.8 Å². The van der Waals surface area contributed by atoms with Crippen LogP contribution < -0.4 is 10.1 Å². The molecule has 9 nitrogen and oxygen atoms in total. The van der Waals surface area contributed by atoms with Crippen molar-refractivity contribution in [2.75, 3.05) is 12.4 Å². The second kappa shape index (κ2) is 10.3. The number of rotatable bonds is 6. The number of anilines is 1. The highest BCUT2D eigenvalue weighted by Gasteiger charge is 2.21. The van der Waals surface area contributed by atoms with Crippen LogP contribution in [0.1, 0.15) is 15.9 Å². The van der Waals surface area contributed by atoms with Gasteiger partial charge in [-0.1, -0.05) is 47.5 Å². The molecular formula is C25H19Cl2N3O6S. The van der Waals surface area contributed by atoms with E-state index in [1.165, 1.54) is 25.3 Å². The minimum absolute atomic E-state index is 0.0953. The van der Waals surface area contributed by atoms with Crippen LogP contribution in [-0.4, -0.2) is 31.1 Å². The fourth-order valence-corrected chi connectivity index (χ4v) is 4.60. The fraction of sp³-hybridized carbons (Fsp3) is 0.0800. The molecule has 1 amide bonds. The number of aryl methyl sites for hydroxylation is 1. The highest BCUT2D eigenvalue weighted by molar-refractivity contribution is 7.86. The van der Waals surface area contributed by atoms with Crippen LogP contribution in [0.5, 0.6) is 11.5 Å². The second-order valence-corrected chi connectivity index (χ2v) is 10.1. The number of azo groups is 1. The summed E-state index contributed by atoms with van der Waals surface area (Å²) in [6.07, 6.45) is 0. The largest absolute Gasteiger partial charge is 0.505 e. The number of benzene rings is 4. The number of amides is 1. The van der Waals surface area contributed by atoms with Crippen LogP contribution >= 0.6 is 23.2 Å². The number of nitrogens with one attached hydrogen (secondary N) is 1. The first kappa shape index (κ1) is 26.4. The highest BCUT2D eigenvalue weighted by atomic mass is 35.5. The number of hydrogen-bond acceptors (Lipinski definition) is 7. The smallest absolute Gasteiger partial charge is 0.296 e. The lowest BCUT2D eigenvalue weighted by Crippen LogP contribution is -2.12. The zero-order valence-corrected chi connectivity index (χ0v) is 21.7. The van der Waals surface area contributed by atoms with Crippen LogP contribution in [0, 0.1) is 6.92 Å². The van der Waals surface area contributed by atoms with Gasteiger partial charge in [0.05, 0.1) is 23.4 Å². The van der Waals surface area contributed by atoms with Crippen molar-refractivity contribution in [3.05, 3.63) is 81.8 Å². The van der Waals surface area contributed by atoms with E-state index in [4.69, 9.17) is 27.9 Å². The number of carbonyl (C=O) groups excluding carboxylic acids is 1. The van der Waals surface area contributed by atoms with E-state index in [1.807, 2.05) is 0 Å². The van der Waals surface area contributed by atoms with Crippen molar-refractivity contribution < 1.29 is 27.6 Å². The van der Waals surface area contributed by atoms with Crippen molar-refractivity contribution in [3.8, 4) is 11.5 Å². The van der Waals surface area contributed by atoms with Crippen LogP contribution in [0.4, 0.5) is 17.1 Å². The molecule has 0 fully saturated rings. The Morgan fingerprint density at radius 1 is 1.00 bits per heavy atom. The van der Waals surface area contributed by atoms with Gasteiger partial charge >= 0.3 is 0 Å². The summed E-state index contributed by atoms with van der Waals surface area (Å²) in [5, 5.41) is 23.1. The number of fused-ring (bicyclic) bond motifs is 1. The monoisotopic (exact) mass is 559 g/mol. The number of methoxy groups -OCH3 is 1. The summed E-state index contributed by atoms with van der Waals surface area (Å²) >= 11 is 12.3. The lowest BCUT2D eigenvalue weighted by molar-refractivity contribution is 0.102. The van der Waals surface area contributed by atoms with E-state index in [0.29, 0.717) is 22.1 Å². The van der Waals surface area contributed by atoms with Gasteiger partial charge in [0.25, 0.3) is 16.0 Å². The molecule has 0 aliphatic heterocycles. The Labute approximate surface area is 222 Å². The molecule has 37 heavy (non-hydrogen) atoms. The van der Waals surface area contributed by atoms with Crippen LogP contribution in [0.25, 0.3) is 10.8 Å². The molecule has 0 aliphatic rings. The van der Waals surface area contributed by atoms with Crippen molar-refractivity contribution in [3.63, 3.8) is 0 Å². The van der Waals surface area contributed by atoms with Gasteiger partial charge in [-0.25, -0.2) is 0 Å². The van der Waals surface area contributed by atoms with Gasteiger partial charge in [0.2, 0.25) is 0 Å². The number of phenols is 1. The maximum atomic E-state index is 13.1. The quantitative estimate of drug-likeness (QED) is 0.170. The molecule has 4 aromatic carbocycles. The maximum Gasteiger partial charge on any atom is 0.296 e. The predicted octanol–water partition coefficient (Wildman–Crippen LogP) is 7.08. The van der Waals surface area contributed by atoms with Crippen molar-refractivity contribution in [1.29, 1.82) is 0 Å². The molecule has 0 atom stereocenters. The minimum Gasteiger partial charge on any atom is -0.505 e. The molecule has 190 valence electrons. The molecule has 0 aromatic heterocycles. The Morgan fingerprint density at radius 2 is 1.73 bits per heavy atom. The van der Waals surface area contributed by atoms with E-state index < -0.39 is 26.7 Å². The molecule has 12 heteroatoms. The summed E-state index contributed by atoms with van der Waals surface area (Å²) in [6.45, 7) is 1.56. The lowest BCUT2D eigenvalue weighted by Gasteiger charge is -2.12. The van der Waals surface area contributed by atoms with Gasteiger partial charge in [0, 0.05) is 16.5 Å². The van der Waals surface area contributed by atoms with Gasteiger partial charge in [-0.05, 0) is 48.2 Å². The van der Waals surface area contributed by atoms with Gasteiger partial charge < -0.3 is 15.2 Å². The summed E-state index contributed by atoms with van der Waals surface area (Å²) in [7, 11) is -3.17. The Morgan fingerprint density at radius 3 is 2.41 bits per heavy atom. The third-order valence-electron chi connectivity index (χ3n) is 5.44. The maximum absolute atomic E-state index is 13.1. The lowest BCUT2D eigenvalue weighted by atomic mass is 10.0. The number of phenolic OH excluding ortho intramolecular Hbond substituents is 1. The van der Waals surface area contributed by atoms with E-state index in [0.717, 1.165) is 6.07 Å². The molecule has 0 heterocycles. The predicted molar refractivity (Wildman–Crippen MR) is 142 cm³/mol. The Balaban J connectivity index is 1.82. The molecule has 4 rings (SSSR count). The van der Waals surface area contributed by atoms with E-state index >= 15 is 0 Å². The van der Waals surface area contributed by atoms with Gasteiger partial charge in [0.15, 0.2) is 5.75 Å².